The van der Waals surface area contributed by atoms with E-state index in [9.17, 15) is 28.7 Å². The number of halogens is 2. The van der Waals surface area contributed by atoms with Gasteiger partial charge in [-0.05, 0) is 0 Å². The zero-order chi connectivity index (χ0) is 22.6. The number of rotatable bonds is 6. The van der Waals surface area contributed by atoms with E-state index in [4.69, 9.17) is 25.5 Å². The fraction of sp³-hybridized carbons (Fsp3) is 0.556. The summed E-state index contributed by atoms with van der Waals surface area (Å²) < 4.78 is 71.9. The molecule has 1 fully saturated rings. The van der Waals surface area contributed by atoms with Crippen LogP contribution in [0.4, 0.5) is 4.39 Å². The van der Waals surface area contributed by atoms with Crippen LogP contribution in [0.5, 0.6) is 0 Å². The highest BCUT2D eigenvalue weighted by molar-refractivity contribution is 7.60. The maximum absolute atomic E-state index is 15.1. The van der Waals surface area contributed by atoms with E-state index in [0.717, 1.165) is 0 Å². The molecular weight excluding hydrogens is 429 g/mol. The summed E-state index contributed by atoms with van der Waals surface area (Å²) in [6.07, 6.45) is -6.44. The molecular formula is C9H12ClFN2O11P2. The lowest BCUT2D eigenvalue weighted by molar-refractivity contribution is -0.178. The minimum absolute atomic E-state index is 0.115. The molecule has 1 aliphatic rings. The first kappa shape index (κ1) is 17.2. The van der Waals surface area contributed by atoms with Gasteiger partial charge >= 0.3 is 21.3 Å². The van der Waals surface area contributed by atoms with Gasteiger partial charge in [0.1, 0.15) is 17.7 Å². The Morgan fingerprint density at radius 1 is 1.54 bits per heavy atom. The van der Waals surface area contributed by atoms with Crippen molar-refractivity contribution in [2.45, 2.75) is 24.6 Å². The van der Waals surface area contributed by atoms with Gasteiger partial charge < -0.3 is 24.5 Å². The minimum Gasteiger partial charge on any atom is -0.388 e. The van der Waals surface area contributed by atoms with E-state index in [-0.39, 0.29) is 4.57 Å². The van der Waals surface area contributed by atoms with Crippen LogP contribution in [0.25, 0.3) is 0 Å². The van der Waals surface area contributed by atoms with Crippen LogP contribution in [0.1, 0.15) is 16.7 Å². The number of hydrogen-bond donors (Lipinski definition) is 5. The van der Waals surface area contributed by atoms with Gasteiger partial charge in [-0.15, -0.1) is 0 Å². The van der Waals surface area contributed by atoms with Crippen LogP contribution >= 0.6 is 27.2 Å². The molecule has 0 saturated carbocycles. The first-order valence-electron chi connectivity index (χ1n) is 7.71. The maximum Gasteiger partial charge on any atom is 0.481 e. The first-order chi connectivity index (χ1) is 12.8. The molecule has 0 amide bonds. The Balaban J connectivity index is 2.43. The molecule has 1 aromatic rings. The summed E-state index contributed by atoms with van der Waals surface area (Å²) in [6.45, 7) is -4.05. The number of aromatic nitrogens is 2. The van der Waals surface area contributed by atoms with Crippen molar-refractivity contribution in [1.82, 2.24) is 9.55 Å². The molecule has 0 aromatic carbocycles. The fourth-order valence-corrected chi connectivity index (χ4v) is 3.38. The Kier molecular flexibility index (Phi) is 4.79. The smallest absolute Gasteiger partial charge is 0.388 e. The molecule has 0 spiro atoms. The molecule has 4 atom stereocenters. The quantitative estimate of drug-likeness (QED) is 0.350. The van der Waals surface area contributed by atoms with Crippen LogP contribution < -0.4 is 11.2 Å². The van der Waals surface area contributed by atoms with Gasteiger partial charge in [0.15, 0.2) is 6.20 Å². The summed E-state index contributed by atoms with van der Waals surface area (Å²) in [5, 5.41) is 9.33. The highest BCUT2D eigenvalue weighted by Gasteiger charge is 2.50. The summed E-state index contributed by atoms with van der Waals surface area (Å²) in [4.78, 5) is 51.0. The summed E-state index contributed by atoms with van der Waals surface area (Å²) in [5.74, 6) is -3.92. The van der Waals surface area contributed by atoms with Crippen LogP contribution in [-0.2, 0) is 22.7 Å². The molecule has 13 nitrogen and oxygen atoms in total. The molecule has 1 saturated heterocycles. The van der Waals surface area contributed by atoms with E-state index >= 15 is 4.39 Å². The topological polar surface area (TPSA) is 198 Å². The predicted molar refractivity (Wildman–Crippen MR) is 79.8 cm³/mol. The van der Waals surface area contributed by atoms with Crippen LogP contribution in [0, 0.1) is 0 Å². The molecule has 0 aliphatic carbocycles. The van der Waals surface area contributed by atoms with Crippen LogP contribution in [0.2, 0.25) is 5.02 Å². The summed E-state index contributed by atoms with van der Waals surface area (Å²) >= 11 is 5.51. The molecule has 1 unspecified atom stereocenters. The van der Waals surface area contributed by atoms with E-state index in [1.807, 2.05) is 0 Å². The number of ether oxygens (including phenoxy) is 1. The number of H-pyrrole nitrogens is 1. The predicted octanol–water partition coefficient (Wildman–Crippen LogP) is -0.638. The number of hydrogen-bond acceptors (Lipinski definition) is 8. The highest BCUT2D eigenvalue weighted by Crippen LogP contribution is 2.58. The van der Waals surface area contributed by atoms with Crippen molar-refractivity contribution >= 4 is 27.2 Å². The van der Waals surface area contributed by atoms with Gasteiger partial charge in [-0.25, -0.2) is 18.3 Å². The summed E-state index contributed by atoms with van der Waals surface area (Å²) in [7, 11) is -11.6. The molecule has 5 N–H and O–H groups in total. The Morgan fingerprint density at radius 2 is 2.15 bits per heavy atom. The molecule has 17 heteroatoms. The molecule has 26 heavy (non-hydrogen) atoms. The van der Waals surface area contributed by atoms with Crippen LogP contribution in [0.15, 0.2) is 15.8 Å². The zero-order valence-corrected chi connectivity index (χ0v) is 14.7. The largest absolute Gasteiger partial charge is 0.481 e. The maximum atomic E-state index is 15.1. The Morgan fingerprint density at radius 3 is 2.73 bits per heavy atom. The average molecular weight is 444 g/mol. The Bertz CT molecular complexity index is 1030. The van der Waals surface area contributed by atoms with Gasteiger partial charge in [-0.2, -0.15) is 4.31 Å². The first-order valence-corrected chi connectivity index (χ1v) is 9.62. The zero-order valence-electron chi connectivity index (χ0n) is 15.1. The second-order valence-corrected chi connectivity index (χ2v) is 7.89. The van der Waals surface area contributed by atoms with Gasteiger partial charge in [0, 0.05) is 12.6 Å². The monoisotopic (exact) mass is 443 g/mol. The van der Waals surface area contributed by atoms with E-state index in [2.05, 4.69) is 13.6 Å². The minimum atomic E-state index is -5.93. The van der Waals surface area contributed by atoms with Gasteiger partial charge in [-0.1, -0.05) is 11.6 Å². The van der Waals surface area contributed by atoms with Crippen molar-refractivity contribution in [1.29, 1.82) is 0 Å². The molecule has 2 heterocycles. The highest BCUT2D eigenvalue weighted by atomic mass is 35.5. The molecule has 148 valence electrons. The van der Waals surface area contributed by atoms with Crippen molar-refractivity contribution in [2.75, 3.05) is 6.56 Å². The van der Waals surface area contributed by atoms with E-state index in [0.29, 0.717) is 6.20 Å². The van der Waals surface area contributed by atoms with Crippen LogP contribution in [-0.4, -0.2) is 47.9 Å². The number of aromatic amines is 1. The van der Waals surface area contributed by atoms with Gasteiger partial charge in [0.05, 0.1) is 4.11 Å². The van der Waals surface area contributed by atoms with Crippen molar-refractivity contribution < 1.29 is 51.0 Å². The van der Waals surface area contributed by atoms with Gasteiger partial charge in [0.2, 0.25) is 5.85 Å². The third-order valence-electron chi connectivity index (χ3n) is 2.67. The van der Waals surface area contributed by atoms with E-state index in [1.165, 1.54) is 0 Å². The number of nitrogens with one attached hydrogen (secondary N) is 1. The molecule has 2 rings (SSSR count). The number of alkyl halides is 1. The lowest BCUT2D eigenvalue weighted by atomic mass is 10.2. The number of nitrogens with zero attached hydrogens (tertiary/aromatic N) is 1. The molecule has 0 radical (unpaired) electrons. The number of aliphatic hydroxyl groups excluding tert-OH is 1. The summed E-state index contributed by atoms with van der Waals surface area (Å²) in [6, 6.07) is 0. The average Bonchev–Trinajstić information content (AvgIpc) is 2.71. The van der Waals surface area contributed by atoms with Crippen molar-refractivity contribution in [3.05, 3.63) is 32.1 Å². The normalized spacial score (nSPS) is 33.9. The third-order valence-corrected chi connectivity index (χ3v) is 4.93. The fourth-order valence-electron chi connectivity index (χ4n) is 1.77. The lowest BCUT2D eigenvalue weighted by Crippen LogP contribution is -2.36. The summed E-state index contributed by atoms with van der Waals surface area (Å²) in [5.41, 5.74) is -2.50. The third kappa shape index (κ3) is 5.30. The second-order valence-electron chi connectivity index (χ2n) is 4.73. The van der Waals surface area contributed by atoms with Gasteiger partial charge in [0.25, 0.3) is 5.56 Å². The van der Waals surface area contributed by atoms with Gasteiger partial charge in [-0.3, -0.25) is 18.9 Å². The standard InChI is InChI=1S/C9H12ClFN2O11P2/c10-4-2-13(8(16)12-6(4)15)7-5(14)1-9(11,23-7)3-22-26(20,21)24-25(17,18)19/h2,5,7,14H,1,3H2,(H,20,21)(H,12,15,16)(H2,17,18,19)/t5-,7-,9+/m1/s1/i3D2,7D. The number of phosphoric acid groups is 2. The molecule has 0 bridgehead atoms. The SMILES string of the molecule is [2H]C([2H])(OP(=O)(O)OP(=O)(O)O)[C@]1(F)C[C@@H](O)[C@]([2H])(n2cc(Cl)c(=O)[nH]c2=O)O1. The molecule has 1 aromatic heterocycles. The number of phosphoric ester groups is 1. The number of aliphatic hydroxyl groups is 1. The van der Waals surface area contributed by atoms with Crippen molar-refractivity contribution in [3.63, 3.8) is 0 Å². The van der Waals surface area contributed by atoms with E-state index < -0.39 is 63.1 Å². The second kappa shape index (κ2) is 7.24. The van der Waals surface area contributed by atoms with Crippen molar-refractivity contribution in [2.24, 2.45) is 0 Å². The molecule has 1 aliphatic heterocycles. The van der Waals surface area contributed by atoms with Crippen molar-refractivity contribution in [3.8, 4) is 0 Å². The van der Waals surface area contributed by atoms with E-state index in [1.54, 1.807) is 4.98 Å². The van der Waals surface area contributed by atoms with Crippen LogP contribution in [0.3, 0.4) is 0 Å². The Labute approximate surface area is 152 Å². The lowest BCUT2D eigenvalue weighted by Gasteiger charge is -2.22. The Hall–Kier alpha value is -0.920.